The molecule has 8 aromatic rings. The third-order valence-electron chi connectivity index (χ3n) is 12.1. The standard InChI is InChI=1S/C25H28N6O3S.C19H17N5O3S/c1-14-10-30(11-15(2)34-14)25(32)16-4-5-18-21(8-16)35-24-22(18)23(26-13-27-24)29-19-9-17-6-7-28-31(17)12-20(19)33-3;1-27-14-8-24-11(4-5-22-24)7-13(14)23-17-16-12-3-2-10(19(25)26)6-15(12)28-18(16)21-9-20-17/h6-7,9,12-16H,4-5,8,10-11H2,1-3H3,(H,26,27,29);4-5,7-10H,2-3,6H2,1H3,(H,25,26)(H,20,21,23)/t14-,15+,16-;10-/m00/s1. The van der Waals surface area contributed by atoms with Crippen molar-refractivity contribution >= 4 is 89.0 Å². The van der Waals surface area contributed by atoms with Crippen molar-refractivity contribution in [1.29, 1.82) is 0 Å². The molecule has 1 amide bonds. The predicted octanol–water partition coefficient (Wildman–Crippen LogP) is 7.11. The van der Waals surface area contributed by atoms with Crippen LogP contribution in [0.5, 0.6) is 11.5 Å². The van der Waals surface area contributed by atoms with E-state index < -0.39 is 5.97 Å². The molecule has 1 fully saturated rings. The molecule has 19 heteroatoms. The Bertz CT molecular complexity index is 3020. The lowest BCUT2D eigenvalue weighted by Gasteiger charge is -2.37. The fourth-order valence-electron chi connectivity index (χ4n) is 9.12. The average molecular weight is 888 g/mol. The van der Waals surface area contributed by atoms with E-state index in [1.54, 1.807) is 64.6 Å². The van der Waals surface area contributed by atoms with E-state index >= 15 is 0 Å². The number of ether oxygens (including phenoxy) is 3. The molecule has 0 aromatic carbocycles. The van der Waals surface area contributed by atoms with Crippen LogP contribution in [0.4, 0.5) is 23.0 Å². The molecule has 11 rings (SSSR count). The van der Waals surface area contributed by atoms with Gasteiger partial charge >= 0.3 is 5.97 Å². The zero-order valence-corrected chi connectivity index (χ0v) is 36.7. The van der Waals surface area contributed by atoms with E-state index in [4.69, 9.17) is 14.2 Å². The number of aryl methyl sites for hydroxylation is 2. The number of hydrogen-bond donors (Lipinski definition) is 3. The molecule has 0 radical (unpaired) electrons. The number of anilines is 4. The monoisotopic (exact) mass is 887 g/mol. The number of morpholine rings is 1. The van der Waals surface area contributed by atoms with Crippen LogP contribution in [0, 0.1) is 11.8 Å². The molecule has 0 spiro atoms. The van der Waals surface area contributed by atoms with Gasteiger partial charge in [-0.3, -0.25) is 9.59 Å². The maximum Gasteiger partial charge on any atom is 0.306 e. The Hall–Kier alpha value is -6.44. The van der Waals surface area contributed by atoms with Crippen LogP contribution in [0.3, 0.4) is 0 Å². The minimum absolute atomic E-state index is 0.00166. The van der Waals surface area contributed by atoms with E-state index in [9.17, 15) is 14.7 Å². The Balaban J connectivity index is 0.000000153. The Morgan fingerprint density at radius 2 is 1.24 bits per heavy atom. The number of fused-ring (bicyclic) bond motifs is 8. The largest absolute Gasteiger partial charge is 0.493 e. The van der Waals surface area contributed by atoms with Crippen LogP contribution in [-0.2, 0) is 40.0 Å². The molecule has 0 unspecified atom stereocenters. The Labute approximate surface area is 369 Å². The topological polar surface area (TPSA) is 196 Å². The van der Waals surface area contributed by atoms with E-state index in [0.29, 0.717) is 49.7 Å². The molecule has 9 heterocycles. The van der Waals surface area contributed by atoms with Gasteiger partial charge in [-0.1, -0.05) is 0 Å². The highest BCUT2D eigenvalue weighted by Gasteiger charge is 2.35. The van der Waals surface area contributed by atoms with Gasteiger partial charge in [0.1, 0.15) is 34.0 Å². The number of methoxy groups -OCH3 is 2. The molecular formula is C44H45N11O6S2. The normalized spacial score (nSPS) is 19.7. The van der Waals surface area contributed by atoms with E-state index in [0.717, 1.165) is 78.4 Å². The summed E-state index contributed by atoms with van der Waals surface area (Å²) < 4.78 is 20.5. The first-order chi connectivity index (χ1) is 30.6. The minimum Gasteiger partial charge on any atom is -0.493 e. The van der Waals surface area contributed by atoms with Gasteiger partial charge in [-0.25, -0.2) is 29.0 Å². The van der Waals surface area contributed by atoms with Crippen LogP contribution in [0.15, 0.2) is 61.7 Å². The number of rotatable bonds is 8. The van der Waals surface area contributed by atoms with Gasteiger partial charge in [0.25, 0.3) is 0 Å². The summed E-state index contributed by atoms with van der Waals surface area (Å²) in [6, 6.07) is 7.81. The van der Waals surface area contributed by atoms with Crippen molar-refractivity contribution in [2.45, 2.75) is 64.6 Å². The number of carbonyl (C=O) groups is 2. The van der Waals surface area contributed by atoms with Crippen LogP contribution in [-0.4, -0.2) is 101 Å². The zero-order valence-electron chi connectivity index (χ0n) is 35.1. The highest BCUT2D eigenvalue weighted by atomic mass is 32.1. The number of pyridine rings is 2. The van der Waals surface area contributed by atoms with Gasteiger partial charge in [-0.15, -0.1) is 22.7 Å². The lowest BCUT2D eigenvalue weighted by Crippen LogP contribution is -2.50. The van der Waals surface area contributed by atoms with Gasteiger partial charge in [-0.05, 0) is 87.8 Å². The summed E-state index contributed by atoms with van der Waals surface area (Å²) in [6.07, 6.45) is 14.8. The molecule has 3 aliphatic rings. The fraction of sp³-hybridized carbons (Fsp3) is 0.364. The summed E-state index contributed by atoms with van der Waals surface area (Å²) in [7, 11) is 3.26. The summed E-state index contributed by atoms with van der Waals surface area (Å²) >= 11 is 3.24. The number of nitrogens with one attached hydrogen (secondary N) is 2. The van der Waals surface area contributed by atoms with Crippen LogP contribution < -0.4 is 20.1 Å². The molecule has 2 aliphatic carbocycles. The van der Waals surface area contributed by atoms with Gasteiger partial charge in [0, 0.05) is 41.2 Å². The van der Waals surface area contributed by atoms with Crippen molar-refractivity contribution in [3.05, 3.63) is 82.6 Å². The third-order valence-corrected chi connectivity index (χ3v) is 14.4. The summed E-state index contributed by atoms with van der Waals surface area (Å²) in [5, 5.41) is 26.8. The zero-order chi connectivity index (χ0) is 43.4. The van der Waals surface area contributed by atoms with Crippen molar-refractivity contribution in [1.82, 2.24) is 44.1 Å². The molecule has 0 saturated carbocycles. The molecule has 8 aromatic heterocycles. The van der Waals surface area contributed by atoms with Gasteiger partial charge in [-0.2, -0.15) is 10.2 Å². The quantitative estimate of drug-likeness (QED) is 0.140. The fourth-order valence-corrected chi connectivity index (χ4v) is 11.7. The van der Waals surface area contributed by atoms with Gasteiger partial charge < -0.3 is 34.9 Å². The summed E-state index contributed by atoms with van der Waals surface area (Å²) in [6.45, 7) is 5.41. The molecule has 1 aliphatic heterocycles. The van der Waals surface area contributed by atoms with Crippen molar-refractivity contribution in [3.63, 3.8) is 0 Å². The number of carboxylic acids is 1. The van der Waals surface area contributed by atoms with Crippen LogP contribution in [0.2, 0.25) is 0 Å². The number of aromatic nitrogens is 8. The maximum atomic E-state index is 13.3. The van der Waals surface area contributed by atoms with Crippen LogP contribution in [0.25, 0.3) is 31.5 Å². The van der Waals surface area contributed by atoms with Crippen molar-refractivity contribution < 1.29 is 28.9 Å². The van der Waals surface area contributed by atoms with Crippen LogP contribution in [0.1, 0.15) is 47.6 Å². The molecule has 0 bridgehead atoms. The number of nitrogens with zero attached hydrogens (tertiary/aromatic N) is 9. The van der Waals surface area contributed by atoms with Gasteiger partial charge in [0.2, 0.25) is 5.91 Å². The molecule has 1 saturated heterocycles. The average Bonchev–Trinajstić information content (AvgIpc) is 4.10. The number of thiophene rings is 2. The number of carbonyl (C=O) groups excluding carboxylic acids is 1. The van der Waals surface area contributed by atoms with Crippen molar-refractivity contribution in [2.24, 2.45) is 11.8 Å². The molecular weight excluding hydrogens is 843 g/mol. The number of aliphatic carboxylic acids is 1. The highest BCUT2D eigenvalue weighted by Crippen LogP contribution is 2.43. The smallest absolute Gasteiger partial charge is 0.306 e. The van der Waals surface area contributed by atoms with E-state index in [-0.39, 0.29) is 30.0 Å². The molecule has 3 N–H and O–H groups in total. The second kappa shape index (κ2) is 16.7. The van der Waals surface area contributed by atoms with Gasteiger partial charge in [0.05, 0.1) is 77.9 Å². The summed E-state index contributed by atoms with van der Waals surface area (Å²) in [4.78, 5) is 48.9. The Morgan fingerprint density at radius 3 is 1.73 bits per heavy atom. The number of carboxylic acid groups (broad SMARTS) is 1. The number of hydrogen-bond acceptors (Lipinski definition) is 15. The molecule has 324 valence electrons. The SMILES string of the molecule is COc1cn2nccc2cc1Nc1ncnc2sc3c(c12)CC[C@H](C(=O)N1C[C@@H](C)O[C@@H](C)C1)C3.COc1cn2nccc2cc1Nc1ncnc2sc3c(c12)CC[C@H](C(=O)O)C3. The lowest BCUT2D eigenvalue weighted by atomic mass is 9.86. The Morgan fingerprint density at radius 1 is 0.746 bits per heavy atom. The Kier molecular flexibility index (Phi) is 10.8. The second-order valence-corrected chi connectivity index (χ2v) is 18.4. The first-order valence-electron chi connectivity index (χ1n) is 20.9. The molecule has 17 nitrogen and oxygen atoms in total. The van der Waals surface area contributed by atoms with Crippen molar-refractivity contribution in [3.8, 4) is 11.5 Å². The maximum absolute atomic E-state index is 13.3. The second-order valence-electron chi connectivity index (χ2n) is 16.2. The van der Waals surface area contributed by atoms with Crippen LogP contribution >= 0.6 is 22.7 Å². The van der Waals surface area contributed by atoms with Gasteiger partial charge in [0.15, 0.2) is 11.5 Å². The van der Waals surface area contributed by atoms with Crippen molar-refractivity contribution in [2.75, 3.05) is 37.9 Å². The predicted molar refractivity (Wildman–Crippen MR) is 240 cm³/mol. The first-order valence-corrected chi connectivity index (χ1v) is 22.5. The first kappa shape index (κ1) is 40.6. The summed E-state index contributed by atoms with van der Waals surface area (Å²) in [5.74, 6) is 1.99. The highest BCUT2D eigenvalue weighted by molar-refractivity contribution is 7.19. The minimum atomic E-state index is -0.730. The number of amides is 1. The van der Waals surface area contributed by atoms with E-state index in [1.807, 2.05) is 55.4 Å². The third kappa shape index (κ3) is 7.73. The van der Waals surface area contributed by atoms with E-state index in [1.165, 1.54) is 16.8 Å². The molecule has 63 heavy (non-hydrogen) atoms. The molecule has 4 atom stereocenters. The van der Waals surface area contributed by atoms with E-state index in [2.05, 4.69) is 40.8 Å². The lowest BCUT2D eigenvalue weighted by molar-refractivity contribution is -0.147. The summed E-state index contributed by atoms with van der Waals surface area (Å²) in [5.41, 5.74) is 5.91.